The van der Waals surface area contributed by atoms with E-state index in [-0.39, 0.29) is 5.82 Å². The molecule has 1 amide bonds. The number of hydrogen-bond acceptors (Lipinski definition) is 4. The first kappa shape index (κ1) is 18.7. The van der Waals surface area contributed by atoms with E-state index in [4.69, 9.17) is 16.3 Å². The number of halogens is 1. The number of carbonyl (C=O) groups is 1. The number of rotatable bonds is 5. The van der Waals surface area contributed by atoms with E-state index in [2.05, 4.69) is 20.5 Å². The fraction of sp³-hybridized carbons (Fsp3) is 0.0455. The molecule has 0 aliphatic heterocycles. The standard InChI is InChI=1S/C22H17ClN4O2/c1-14-2-11-19-20(12-14)26-21(25-19)22(28)27-24-13-15-3-7-17(8-4-15)29-18-9-5-16(23)6-10-18/h2-13H,1H3,(H,25,26)(H,27,28)/b24-13+. The van der Waals surface area contributed by atoms with Crippen LogP contribution in [0.5, 0.6) is 11.5 Å². The number of carbonyl (C=O) groups excluding carboxylic acids is 1. The number of amides is 1. The number of H-pyrrole nitrogens is 1. The minimum Gasteiger partial charge on any atom is -0.457 e. The summed E-state index contributed by atoms with van der Waals surface area (Å²) in [5.41, 5.74) is 5.93. The topological polar surface area (TPSA) is 79.4 Å². The third-order valence-electron chi connectivity index (χ3n) is 4.16. The van der Waals surface area contributed by atoms with Crippen LogP contribution in [-0.4, -0.2) is 22.1 Å². The summed E-state index contributed by atoms with van der Waals surface area (Å²) in [5, 5.41) is 4.65. The van der Waals surface area contributed by atoms with Crippen molar-refractivity contribution in [3.63, 3.8) is 0 Å². The molecule has 0 atom stereocenters. The van der Waals surface area contributed by atoms with Gasteiger partial charge >= 0.3 is 5.91 Å². The monoisotopic (exact) mass is 404 g/mol. The van der Waals surface area contributed by atoms with Gasteiger partial charge in [-0.3, -0.25) is 4.79 Å². The molecule has 6 nitrogen and oxygen atoms in total. The Morgan fingerprint density at radius 3 is 2.48 bits per heavy atom. The summed E-state index contributed by atoms with van der Waals surface area (Å²) in [7, 11) is 0. The zero-order valence-corrected chi connectivity index (χ0v) is 16.3. The van der Waals surface area contributed by atoms with Crippen molar-refractivity contribution in [2.24, 2.45) is 5.10 Å². The lowest BCUT2D eigenvalue weighted by atomic mass is 10.2. The van der Waals surface area contributed by atoms with E-state index in [0.29, 0.717) is 16.5 Å². The van der Waals surface area contributed by atoms with Crippen molar-refractivity contribution < 1.29 is 9.53 Å². The maximum absolute atomic E-state index is 12.2. The lowest BCUT2D eigenvalue weighted by Gasteiger charge is -2.05. The quantitative estimate of drug-likeness (QED) is 0.359. The first-order valence-corrected chi connectivity index (χ1v) is 9.28. The Kier molecular flexibility index (Phi) is 5.27. The minimum atomic E-state index is -0.405. The van der Waals surface area contributed by atoms with Gasteiger partial charge in [0.2, 0.25) is 0 Å². The number of ether oxygens (including phenoxy) is 1. The first-order chi connectivity index (χ1) is 14.1. The maximum atomic E-state index is 12.2. The summed E-state index contributed by atoms with van der Waals surface area (Å²) >= 11 is 5.87. The highest BCUT2D eigenvalue weighted by Crippen LogP contribution is 2.23. The molecule has 1 heterocycles. The third kappa shape index (κ3) is 4.62. The molecule has 0 unspecified atom stereocenters. The first-order valence-electron chi connectivity index (χ1n) is 8.90. The molecule has 0 radical (unpaired) electrons. The van der Waals surface area contributed by atoms with E-state index in [0.717, 1.165) is 22.2 Å². The van der Waals surface area contributed by atoms with E-state index < -0.39 is 5.91 Å². The van der Waals surface area contributed by atoms with Crippen LogP contribution in [0.1, 0.15) is 21.7 Å². The second-order valence-corrected chi connectivity index (χ2v) is 6.87. The van der Waals surface area contributed by atoms with Gasteiger partial charge in [-0.25, -0.2) is 10.4 Å². The number of fused-ring (bicyclic) bond motifs is 1. The highest BCUT2D eigenvalue weighted by atomic mass is 35.5. The fourth-order valence-electron chi connectivity index (χ4n) is 2.71. The lowest BCUT2D eigenvalue weighted by molar-refractivity contribution is 0.0946. The Morgan fingerprint density at radius 2 is 1.76 bits per heavy atom. The van der Waals surface area contributed by atoms with Crippen LogP contribution >= 0.6 is 11.6 Å². The smallest absolute Gasteiger partial charge is 0.307 e. The van der Waals surface area contributed by atoms with Gasteiger partial charge in [0.05, 0.1) is 17.2 Å². The lowest BCUT2D eigenvalue weighted by Crippen LogP contribution is -2.19. The zero-order valence-electron chi connectivity index (χ0n) is 15.5. The molecular formula is C22H17ClN4O2. The van der Waals surface area contributed by atoms with E-state index in [1.54, 1.807) is 30.5 Å². The predicted molar refractivity (Wildman–Crippen MR) is 114 cm³/mol. The Labute approximate surface area is 172 Å². The normalized spacial score (nSPS) is 11.1. The number of nitrogens with zero attached hydrogens (tertiary/aromatic N) is 2. The average Bonchev–Trinajstić information content (AvgIpc) is 3.14. The number of hydrogen-bond donors (Lipinski definition) is 2. The van der Waals surface area contributed by atoms with E-state index >= 15 is 0 Å². The summed E-state index contributed by atoms with van der Waals surface area (Å²) in [5.74, 6) is 1.20. The molecule has 3 aromatic carbocycles. The summed E-state index contributed by atoms with van der Waals surface area (Å²) in [6.45, 7) is 1.98. The van der Waals surface area contributed by atoms with Gasteiger partial charge in [-0.05, 0) is 78.7 Å². The van der Waals surface area contributed by atoms with Gasteiger partial charge in [-0.2, -0.15) is 5.10 Å². The average molecular weight is 405 g/mol. The molecule has 0 saturated carbocycles. The van der Waals surface area contributed by atoms with Crippen LogP contribution in [0.4, 0.5) is 0 Å². The van der Waals surface area contributed by atoms with Crippen LogP contribution in [0.25, 0.3) is 11.0 Å². The van der Waals surface area contributed by atoms with Crippen LogP contribution < -0.4 is 10.2 Å². The van der Waals surface area contributed by atoms with Crippen LogP contribution in [0.2, 0.25) is 5.02 Å². The number of benzene rings is 3. The van der Waals surface area contributed by atoms with Gasteiger partial charge in [0.15, 0.2) is 5.82 Å². The highest BCUT2D eigenvalue weighted by Gasteiger charge is 2.10. The second-order valence-electron chi connectivity index (χ2n) is 6.43. The van der Waals surface area contributed by atoms with Crippen LogP contribution in [0.3, 0.4) is 0 Å². The molecule has 0 fully saturated rings. The number of hydrazone groups is 1. The van der Waals surface area contributed by atoms with E-state index in [1.807, 2.05) is 49.4 Å². The van der Waals surface area contributed by atoms with E-state index in [1.165, 1.54) is 0 Å². The molecule has 0 aliphatic rings. The van der Waals surface area contributed by atoms with Crippen molar-refractivity contribution in [1.82, 2.24) is 15.4 Å². The molecule has 0 saturated heterocycles. The maximum Gasteiger partial charge on any atom is 0.307 e. The predicted octanol–water partition coefficient (Wildman–Crippen LogP) is 5.08. The zero-order chi connectivity index (χ0) is 20.2. The highest BCUT2D eigenvalue weighted by molar-refractivity contribution is 6.30. The molecule has 4 aromatic rings. The SMILES string of the molecule is Cc1ccc2nc(C(=O)N/N=C/c3ccc(Oc4ccc(Cl)cc4)cc3)[nH]c2c1. The molecule has 7 heteroatoms. The molecule has 4 rings (SSSR count). The molecule has 29 heavy (non-hydrogen) atoms. The van der Waals surface area contributed by atoms with Gasteiger partial charge in [-0.1, -0.05) is 17.7 Å². The van der Waals surface area contributed by atoms with Gasteiger partial charge in [0.25, 0.3) is 0 Å². The number of imidazole rings is 1. The van der Waals surface area contributed by atoms with Crippen molar-refractivity contribution in [1.29, 1.82) is 0 Å². The Morgan fingerprint density at radius 1 is 1.07 bits per heavy atom. The molecule has 1 aromatic heterocycles. The summed E-state index contributed by atoms with van der Waals surface area (Å²) in [4.78, 5) is 19.5. The van der Waals surface area contributed by atoms with Crippen molar-refractivity contribution in [3.8, 4) is 11.5 Å². The van der Waals surface area contributed by atoms with Crippen molar-refractivity contribution in [2.45, 2.75) is 6.92 Å². The van der Waals surface area contributed by atoms with Crippen LogP contribution in [0, 0.1) is 6.92 Å². The van der Waals surface area contributed by atoms with Crippen molar-refractivity contribution in [2.75, 3.05) is 0 Å². The molecule has 144 valence electrons. The number of nitrogens with one attached hydrogen (secondary N) is 2. The Balaban J connectivity index is 1.37. The molecule has 2 N–H and O–H groups in total. The largest absolute Gasteiger partial charge is 0.457 e. The second kappa shape index (κ2) is 8.16. The van der Waals surface area contributed by atoms with Gasteiger partial charge in [0, 0.05) is 5.02 Å². The van der Waals surface area contributed by atoms with Crippen molar-refractivity contribution in [3.05, 3.63) is 88.7 Å². The Hall–Kier alpha value is -3.64. The Bertz CT molecular complexity index is 1180. The van der Waals surface area contributed by atoms with E-state index in [9.17, 15) is 4.79 Å². The number of aromatic amines is 1. The van der Waals surface area contributed by atoms with Crippen LogP contribution in [0.15, 0.2) is 71.8 Å². The number of aromatic nitrogens is 2. The summed E-state index contributed by atoms with van der Waals surface area (Å²) in [6.07, 6.45) is 1.55. The molecule has 0 spiro atoms. The molecule has 0 bridgehead atoms. The summed E-state index contributed by atoms with van der Waals surface area (Å²) in [6, 6.07) is 20.2. The van der Waals surface area contributed by atoms with Gasteiger partial charge < -0.3 is 9.72 Å². The fourth-order valence-corrected chi connectivity index (χ4v) is 2.84. The number of aryl methyl sites for hydroxylation is 1. The minimum absolute atomic E-state index is 0.217. The third-order valence-corrected chi connectivity index (χ3v) is 4.41. The summed E-state index contributed by atoms with van der Waals surface area (Å²) < 4.78 is 5.74. The van der Waals surface area contributed by atoms with Gasteiger partial charge in [-0.15, -0.1) is 0 Å². The molecule has 0 aliphatic carbocycles. The molecular weight excluding hydrogens is 388 g/mol. The van der Waals surface area contributed by atoms with Crippen molar-refractivity contribution >= 4 is 34.8 Å². The van der Waals surface area contributed by atoms with Crippen LogP contribution in [-0.2, 0) is 0 Å². The van der Waals surface area contributed by atoms with Gasteiger partial charge in [0.1, 0.15) is 11.5 Å².